The highest BCUT2D eigenvalue weighted by molar-refractivity contribution is 5.97. The highest BCUT2D eigenvalue weighted by Crippen LogP contribution is 2.60. The Bertz CT molecular complexity index is 1050. The van der Waals surface area contributed by atoms with Crippen molar-refractivity contribution in [3.63, 3.8) is 0 Å². The van der Waals surface area contributed by atoms with E-state index in [-0.39, 0.29) is 53.6 Å². The minimum absolute atomic E-state index is 0.0157. The third-order valence-corrected chi connectivity index (χ3v) is 8.31. The molecule has 1 N–H and O–H groups in total. The summed E-state index contributed by atoms with van der Waals surface area (Å²) in [6.45, 7) is 9.72. The number of carbonyl (C=O) groups is 3. The van der Waals surface area contributed by atoms with E-state index in [4.69, 9.17) is 9.47 Å². The van der Waals surface area contributed by atoms with Crippen LogP contribution in [0.2, 0.25) is 0 Å². The third kappa shape index (κ3) is 4.73. The van der Waals surface area contributed by atoms with Gasteiger partial charge < -0.3 is 14.8 Å². The highest BCUT2D eigenvalue weighted by Gasteiger charge is 2.74. The minimum atomic E-state index is -1.25. The lowest BCUT2D eigenvalue weighted by Gasteiger charge is -2.42. The number of hydrogen-bond acceptors (Lipinski definition) is 5. The van der Waals surface area contributed by atoms with Crippen LogP contribution in [0.1, 0.15) is 59.4 Å². The normalized spacial score (nSPS) is 34.7. The van der Waals surface area contributed by atoms with Crippen molar-refractivity contribution in [1.82, 2.24) is 5.32 Å². The molecule has 1 unspecified atom stereocenters. The van der Waals surface area contributed by atoms with Crippen molar-refractivity contribution < 1.29 is 23.9 Å². The Morgan fingerprint density at radius 3 is 2.69 bits per heavy atom. The summed E-state index contributed by atoms with van der Waals surface area (Å²) in [5.41, 5.74) is 0.122. The van der Waals surface area contributed by atoms with Crippen LogP contribution < -0.4 is 5.32 Å². The molecule has 0 bridgehead atoms. The highest BCUT2D eigenvalue weighted by atomic mass is 16.6. The largest absolute Gasteiger partial charge is 0.448 e. The predicted octanol–water partition coefficient (Wildman–Crippen LogP) is 4.33. The van der Waals surface area contributed by atoms with Crippen LogP contribution in [0.4, 0.5) is 0 Å². The lowest BCUT2D eigenvalue weighted by atomic mass is 9.63. The van der Waals surface area contributed by atoms with Gasteiger partial charge in [-0.05, 0) is 50.7 Å². The molecular weight excluding hydrogens is 442 g/mol. The number of carbonyl (C=O) groups excluding carboxylic acids is 3. The number of Topliss-reactive ketones (excluding diaryl/α,β-unsaturated/α-hetero) is 1. The van der Waals surface area contributed by atoms with Gasteiger partial charge in [-0.25, -0.2) is 0 Å². The number of hydrogen-bond donors (Lipinski definition) is 1. The molecule has 4 rings (SSSR count). The number of benzene rings is 1. The van der Waals surface area contributed by atoms with Gasteiger partial charge in [0.2, 0.25) is 0 Å². The molecule has 0 spiro atoms. The third-order valence-electron chi connectivity index (χ3n) is 8.31. The Labute approximate surface area is 208 Å². The summed E-state index contributed by atoms with van der Waals surface area (Å²) in [6, 6.07) is 9.89. The molecule has 1 amide bonds. The second kappa shape index (κ2) is 9.73. The van der Waals surface area contributed by atoms with Crippen LogP contribution in [0, 0.1) is 17.8 Å². The number of fused-ring (bicyclic) bond motifs is 2. The van der Waals surface area contributed by atoms with Crippen molar-refractivity contribution in [1.29, 1.82) is 0 Å². The summed E-state index contributed by atoms with van der Waals surface area (Å²) < 4.78 is 12.1. The number of allylic oxidation sites excluding steroid dienone is 3. The Balaban J connectivity index is 1.51. The molecule has 0 aromatic heterocycles. The number of nitrogens with one attached hydrogen (secondary N) is 1. The quantitative estimate of drug-likeness (QED) is 0.247. The summed E-state index contributed by atoms with van der Waals surface area (Å²) in [5.74, 6) is -1.02. The average molecular weight is 480 g/mol. The van der Waals surface area contributed by atoms with Crippen molar-refractivity contribution in [2.24, 2.45) is 17.8 Å². The predicted molar refractivity (Wildman–Crippen MR) is 133 cm³/mol. The first-order valence-electron chi connectivity index (χ1n) is 12.7. The van der Waals surface area contributed by atoms with Crippen LogP contribution in [-0.4, -0.2) is 41.0 Å². The number of ketones is 1. The molecule has 1 aliphatic carbocycles. The zero-order valence-electron chi connectivity index (χ0n) is 21.4. The molecule has 3 aliphatic rings. The first kappa shape index (κ1) is 25.4. The van der Waals surface area contributed by atoms with Gasteiger partial charge in [0, 0.05) is 24.3 Å². The summed E-state index contributed by atoms with van der Waals surface area (Å²) >= 11 is 0. The molecule has 6 heteroatoms. The van der Waals surface area contributed by atoms with Gasteiger partial charge in [0.05, 0.1) is 18.1 Å². The van der Waals surface area contributed by atoms with Crippen LogP contribution in [0.5, 0.6) is 0 Å². The maximum atomic E-state index is 13.4. The standard InChI is InChI=1S/C29H37NO5/c1-6-7-11-18(2)26(32)19(3)14-15-24(31)35-29-17-23-28(5,34-23)20(4)25(29)22(30-27(29)33)16-21-12-9-8-10-13-21/h6-10,12-14,18,20,22-23,25H,11,15-17H2,1-5H3,(H,30,33)/b7-6+,19-14-/t18-,20?,22-,23-,25-,28+,29+/m0/s1. The molecule has 1 aromatic rings. The molecular formula is C29H37NO5. The van der Waals surface area contributed by atoms with Crippen molar-refractivity contribution in [2.45, 2.75) is 83.6 Å². The minimum Gasteiger partial charge on any atom is -0.448 e. The van der Waals surface area contributed by atoms with E-state index in [2.05, 4.69) is 19.2 Å². The molecule has 2 saturated heterocycles. The lowest BCUT2D eigenvalue weighted by Crippen LogP contribution is -2.56. The van der Waals surface area contributed by atoms with Crippen molar-refractivity contribution >= 4 is 17.7 Å². The van der Waals surface area contributed by atoms with Gasteiger partial charge in [0.15, 0.2) is 11.4 Å². The van der Waals surface area contributed by atoms with Crippen LogP contribution in [0.25, 0.3) is 0 Å². The Morgan fingerprint density at radius 2 is 2.00 bits per heavy atom. The molecule has 6 nitrogen and oxygen atoms in total. The summed E-state index contributed by atoms with van der Waals surface area (Å²) in [6.07, 6.45) is 7.06. The number of rotatable bonds is 9. The monoisotopic (exact) mass is 479 g/mol. The van der Waals surface area contributed by atoms with Gasteiger partial charge in [-0.3, -0.25) is 14.4 Å². The summed E-state index contributed by atoms with van der Waals surface area (Å²) in [4.78, 5) is 39.0. The fourth-order valence-corrected chi connectivity index (χ4v) is 6.01. The number of epoxide rings is 1. The fraction of sp³-hybridized carbons (Fsp3) is 0.552. The first-order chi connectivity index (χ1) is 16.6. The zero-order chi connectivity index (χ0) is 25.4. The number of esters is 1. The molecule has 188 valence electrons. The van der Waals surface area contributed by atoms with Crippen molar-refractivity contribution in [3.05, 3.63) is 59.7 Å². The molecule has 35 heavy (non-hydrogen) atoms. The second-order valence-corrected chi connectivity index (χ2v) is 10.6. The summed E-state index contributed by atoms with van der Waals surface area (Å²) in [5, 5.41) is 3.15. The van der Waals surface area contributed by atoms with E-state index in [1.54, 1.807) is 13.0 Å². The van der Waals surface area contributed by atoms with Crippen molar-refractivity contribution in [3.8, 4) is 0 Å². The van der Waals surface area contributed by atoms with Crippen molar-refractivity contribution in [2.75, 3.05) is 0 Å². The summed E-state index contributed by atoms with van der Waals surface area (Å²) in [7, 11) is 0. The second-order valence-electron chi connectivity index (χ2n) is 10.6. The number of amides is 1. The van der Waals surface area contributed by atoms with E-state index in [1.165, 1.54) is 0 Å². The van der Waals surface area contributed by atoms with Crippen LogP contribution in [0.3, 0.4) is 0 Å². The number of ether oxygens (including phenoxy) is 2. The van der Waals surface area contributed by atoms with E-state index >= 15 is 0 Å². The molecule has 1 saturated carbocycles. The van der Waals surface area contributed by atoms with Gasteiger partial charge in [-0.1, -0.05) is 62.4 Å². The molecule has 2 heterocycles. The van der Waals surface area contributed by atoms with E-state index in [1.807, 2.05) is 56.3 Å². The van der Waals surface area contributed by atoms with Crippen LogP contribution in [-0.2, 0) is 30.3 Å². The molecule has 1 aromatic carbocycles. The van der Waals surface area contributed by atoms with Gasteiger partial charge >= 0.3 is 5.97 Å². The van der Waals surface area contributed by atoms with E-state index in [0.29, 0.717) is 24.8 Å². The maximum Gasteiger partial charge on any atom is 0.310 e. The van der Waals surface area contributed by atoms with Gasteiger partial charge in [0.25, 0.3) is 5.91 Å². The average Bonchev–Trinajstić information content (AvgIpc) is 3.43. The lowest BCUT2D eigenvalue weighted by molar-refractivity contribution is -0.175. The van der Waals surface area contributed by atoms with Gasteiger partial charge in [-0.15, -0.1) is 0 Å². The fourth-order valence-electron chi connectivity index (χ4n) is 6.01. The molecule has 0 radical (unpaired) electrons. The van der Waals surface area contributed by atoms with Crippen LogP contribution in [0.15, 0.2) is 54.1 Å². The molecule has 3 fully saturated rings. The Kier molecular flexibility index (Phi) is 7.05. The smallest absolute Gasteiger partial charge is 0.310 e. The maximum absolute atomic E-state index is 13.4. The van der Waals surface area contributed by atoms with Gasteiger partial charge in [-0.2, -0.15) is 0 Å². The molecule has 7 atom stereocenters. The first-order valence-corrected chi connectivity index (χ1v) is 12.7. The SMILES string of the molecule is C/C=C/C[C@H](C)C(=O)/C(C)=C\CC(=O)O[C@]12C[C@@H]3O[C@]3(C)C(C)[C@H]1[C@H](Cc1ccccc1)NC2=O. The van der Waals surface area contributed by atoms with Gasteiger partial charge in [0.1, 0.15) is 0 Å². The van der Waals surface area contributed by atoms with E-state index in [9.17, 15) is 14.4 Å². The molecule has 2 aliphatic heterocycles. The Hall–Kier alpha value is -2.73. The van der Waals surface area contributed by atoms with E-state index < -0.39 is 11.6 Å². The topological polar surface area (TPSA) is 85.0 Å². The Morgan fingerprint density at radius 1 is 1.29 bits per heavy atom. The van der Waals surface area contributed by atoms with Crippen LogP contribution >= 0.6 is 0 Å². The van der Waals surface area contributed by atoms with E-state index in [0.717, 1.165) is 5.56 Å². The zero-order valence-corrected chi connectivity index (χ0v) is 21.4.